The Morgan fingerprint density at radius 1 is 1.19 bits per heavy atom. The van der Waals surface area contributed by atoms with Gasteiger partial charge in [-0.05, 0) is 57.0 Å². The van der Waals surface area contributed by atoms with Crippen LogP contribution in [0.4, 0.5) is 0 Å². The molecule has 6 nitrogen and oxygen atoms in total. The number of benzene rings is 1. The van der Waals surface area contributed by atoms with Crippen molar-refractivity contribution in [2.75, 3.05) is 32.7 Å². The van der Waals surface area contributed by atoms with Gasteiger partial charge in [-0.15, -0.1) is 0 Å². The molecule has 27 heavy (non-hydrogen) atoms. The van der Waals surface area contributed by atoms with E-state index in [1.165, 1.54) is 23.2 Å². The van der Waals surface area contributed by atoms with Crippen LogP contribution in [0, 0.1) is 6.92 Å². The van der Waals surface area contributed by atoms with Gasteiger partial charge in [0.05, 0.1) is 4.90 Å². The summed E-state index contributed by atoms with van der Waals surface area (Å²) in [6.45, 7) is 11.1. The zero-order chi connectivity index (χ0) is 20.0. The molecule has 1 unspecified atom stereocenters. The first kappa shape index (κ1) is 21.9. The largest absolute Gasteiger partial charge is 0.350 e. The van der Waals surface area contributed by atoms with Gasteiger partial charge in [0.25, 0.3) is 5.91 Å². The lowest BCUT2D eigenvalue weighted by Gasteiger charge is -2.26. The number of nitrogens with zero attached hydrogens (tertiary/aromatic N) is 2. The van der Waals surface area contributed by atoms with Gasteiger partial charge in [0.1, 0.15) is 0 Å². The standard InChI is InChI=1S/C20H33N3O3S/c1-5-18(22-12-8-9-13-22)15-21-20(24)17-11-10-16(4)19(14-17)27(25,26)23(6-2)7-3/h10-11,14,18H,5-9,12-13,15H2,1-4H3,(H,21,24). The topological polar surface area (TPSA) is 69.7 Å². The first-order chi connectivity index (χ1) is 12.8. The number of sulfonamides is 1. The van der Waals surface area contributed by atoms with Crippen LogP contribution in [0.5, 0.6) is 0 Å². The Labute approximate surface area is 164 Å². The number of hydrogen-bond donors (Lipinski definition) is 1. The van der Waals surface area contributed by atoms with E-state index in [-0.39, 0.29) is 10.8 Å². The van der Waals surface area contributed by atoms with Gasteiger partial charge in [-0.25, -0.2) is 8.42 Å². The Balaban J connectivity index is 2.15. The molecule has 1 aromatic rings. The molecule has 1 N–H and O–H groups in total. The van der Waals surface area contributed by atoms with Gasteiger partial charge in [-0.3, -0.25) is 9.69 Å². The van der Waals surface area contributed by atoms with Crippen molar-refractivity contribution in [1.82, 2.24) is 14.5 Å². The van der Waals surface area contributed by atoms with Gasteiger partial charge >= 0.3 is 0 Å². The monoisotopic (exact) mass is 395 g/mol. The first-order valence-corrected chi connectivity index (χ1v) is 11.4. The Morgan fingerprint density at radius 3 is 2.37 bits per heavy atom. The maximum Gasteiger partial charge on any atom is 0.251 e. The predicted octanol–water partition coefficient (Wildman–Crippen LogP) is 2.63. The predicted molar refractivity (Wildman–Crippen MR) is 109 cm³/mol. The van der Waals surface area contributed by atoms with Crippen LogP contribution in [0.2, 0.25) is 0 Å². The zero-order valence-corrected chi connectivity index (χ0v) is 17.8. The minimum atomic E-state index is -3.59. The molecule has 0 spiro atoms. The zero-order valence-electron chi connectivity index (χ0n) is 17.0. The van der Waals surface area contributed by atoms with Crippen LogP contribution in [0.1, 0.15) is 56.0 Å². The quantitative estimate of drug-likeness (QED) is 0.698. The molecule has 1 amide bonds. The summed E-state index contributed by atoms with van der Waals surface area (Å²) in [6.07, 6.45) is 3.42. The second-order valence-electron chi connectivity index (χ2n) is 7.08. The highest BCUT2D eigenvalue weighted by Crippen LogP contribution is 2.21. The minimum absolute atomic E-state index is 0.213. The molecule has 152 valence electrons. The third kappa shape index (κ3) is 5.09. The van der Waals surface area contributed by atoms with Crippen LogP contribution in [0.25, 0.3) is 0 Å². The Hall–Kier alpha value is -1.44. The molecule has 0 aliphatic carbocycles. The van der Waals surface area contributed by atoms with Crippen molar-refractivity contribution in [1.29, 1.82) is 0 Å². The maximum absolute atomic E-state index is 12.9. The van der Waals surface area contributed by atoms with Crippen LogP contribution < -0.4 is 5.32 Å². The van der Waals surface area contributed by atoms with Crippen molar-refractivity contribution < 1.29 is 13.2 Å². The van der Waals surface area contributed by atoms with E-state index in [1.807, 2.05) is 13.8 Å². The average Bonchev–Trinajstić information content (AvgIpc) is 3.17. The number of hydrogen-bond acceptors (Lipinski definition) is 4. The summed E-state index contributed by atoms with van der Waals surface area (Å²) >= 11 is 0. The number of carbonyl (C=O) groups is 1. The summed E-state index contributed by atoms with van der Waals surface area (Å²) in [5.41, 5.74) is 1.05. The summed E-state index contributed by atoms with van der Waals surface area (Å²) in [6, 6.07) is 5.25. The van der Waals surface area contributed by atoms with Crippen molar-refractivity contribution in [2.45, 2.75) is 57.9 Å². The first-order valence-electron chi connectivity index (χ1n) is 9.98. The third-order valence-electron chi connectivity index (χ3n) is 5.40. The number of carbonyl (C=O) groups excluding carboxylic acids is 1. The smallest absolute Gasteiger partial charge is 0.251 e. The molecule has 7 heteroatoms. The van der Waals surface area contributed by atoms with E-state index in [0.29, 0.717) is 36.8 Å². The number of aryl methyl sites for hydroxylation is 1. The second kappa shape index (κ2) is 9.66. The van der Waals surface area contributed by atoms with Crippen LogP contribution in [-0.4, -0.2) is 62.3 Å². The second-order valence-corrected chi connectivity index (χ2v) is 8.99. The van der Waals surface area contributed by atoms with E-state index in [0.717, 1.165) is 19.5 Å². The number of amides is 1. The molecule has 1 aliphatic rings. The summed E-state index contributed by atoms with van der Waals surface area (Å²) < 4.78 is 27.1. The number of likely N-dealkylation sites (tertiary alicyclic amines) is 1. The van der Waals surface area contributed by atoms with E-state index in [4.69, 9.17) is 0 Å². The maximum atomic E-state index is 12.9. The summed E-state index contributed by atoms with van der Waals surface area (Å²) in [5, 5.41) is 2.99. The highest BCUT2D eigenvalue weighted by atomic mass is 32.2. The average molecular weight is 396 g/mol. The lowest BCUT2D eigenvalue weighted by molar-refractivity contribution is 0.0937. The fourth-order valence-electron chi connectivity index (χ4n) is 3.67. The number of nitrogens with one attached hydrogen (secondary N) is 1. The highest BCUT2D eigenvalue weighted by molar-refractivity contribution is 7.89. The van der Waals surface area contributed by atoms with Gasteiger partial charge in [-0.2, -0.15) is 4.31 Å². The van der Waals surface area contributed by atoms with Gasteiger partial charge in [0.2, 0.25) is 10.0 Å². The third-order valence-corrected chi connectivity index (χ3v) is 7.59. The van der Waals surface area contributed by atoms with E-state index >= 15 is 0 Å². The van der Waals surface area contributed by atoms with Crippen LogP contribution >= 0.6 is 0 Å². The number of rotatable bonds is 9. The van der Waals surface area contributed by atoms with E-state index in [9.17, 15) is 13.2 Å². The van der Waals surface area contributed by atoms with E-state index in [1.54, 1.807) is 19.1 Å². The molecule has 1 aliphatic heterocycles. The van der Waals surface area contributed by atoms with Crippen molar-refractivity contribution in [3.05, 3.63) is 29.3 Å². The van der Waals surface area contributed by atoms with Crippen molar-refractivity contribution in [2.24, 2.45) is 0 Å². The molecule has 0 saturated carbocycles. The molecule has 1 aromatic carbocycles. The lowest BCUT2D eigenvalue weighted by atomic mass is 10.1. The molecule has 1 saturated heterocycles. The Kier molecular flexibility index (Phi) is 7.82. The fraction of sp³-hybridized carbons (Fsp3) is 0.650. The Morgan fingerprint density at radius 2 is 1.81 bits per heavy atom. The van der Waals surface area contributed by atoms with Crippen LogP contribution in [-0.2, 0) is 10.0 Å². The van der Waals surface area contributed by atoms with Gasteiger partial charge in [0, 0.05) is 31.2 Å². The molecular formula is C20H33N3O3S. The van der Waals surface area contributed by atoms with Crippen LogP contribution in [0.3, 0.4) is 0 Å². The van der Waals surface area contributed by atoms with Crippen molar-refractivity contribution in [3.63, 3.8) is 0 Å². The van der Waals surface area contributed by atoms with Crippen molar-refractivity contribution >= 4 is 15.9 Å². The summed E-state index contributed by atoms with van der Waals surface area (Å²) in [7, 11) is -3.59. The molecule has 0 aromatic heterocycles. The molecule has 2 rings (SSSR count). The van der Waals surface area contributed by atoms with Crippen molar-refractivity contribution in [3.8, 4) is 0 Å². The molecule has 0 radical (unpaired) electrons. The van der Waals surface area contributed by atoms with Crippen LogP contribution in [0.15, 0.2) is 23.1 Å². The lowest BCUT2D eigenvalue weighted by Crippen LogP contribution is -2.42. The van der Waals surface area contributed by atoms with Gasteiger partial charge < -0.3 is 5.32 Å². The molecular weight excluding hydrogens is 362 g/mol. The minimum Gasteiger partial charge on any atom is -0.350 e. The van der Waals surface area contributed by atoms with Gasteiger partial charge in [-0.1, -0.05) is 26.8 Å². The molecule has 0 bridgehead atoms. The van der Waals surface area contributed by atoms with Gasteiger partial charge in [0.15, 0.2) is 0 Å². The SMILES string of the molecule is CCC(CNC(=O)c1ccc(C)c(S(=O)(=O)N(CC)CC)c1)N1CCCC1. The normalized spacial score (nSPS) is 16.6. The summed E-state index contributed by atoms with van der Waals surface area (Å²) in [5.74, 6) is -0.219. The molecule has 1 atom stereocenters. The molecule has 1 fully saturated rings. The van der Waals surface area contributed by atoms with E-state index in [2.05, 4.69) is 17.1 Å². The highest BCUT2D eigenvalue weighted by Gasteiger charge is 2.25. The Bertz CT molecular complexity index is 739. The van der Waals surface area contributed by atoms with E-state index < -0.39 is 10.0 Å². The fourth-order valence-corrected chi connectivity index (χ4v) is 5.38. The molecule has 1 heterocycles. The summed E-state index contributed by atoms with van der Waals surface area (Å²) in [4.78, 5) is 15.3.